The van der Waals surface area contributed by atoms with Crippen LogP contribution in [0.4, 0.5) is 4.79 Å². The van der Waals surface area contributed by atoms with Gasteiger partial charge in [0.15, 0.2) is 0 Å². The van der Waals surface area contributed by atoms with E-state index < -0.39 is 6.04 Å². The highest BCUT2D eigenvalue weighted by Gasteiger charge is 2.38. The van der Waals surface area contributed by atoms with Gasteiger partial charge in [-0.2, -0.15) is 5.10 Å². The number of rotatable bonds is 8. The Balaban J connectivity index is 1.33. The number of carbonyl (C=O) groups excluding carboxylic acids is 2. The topological polar surface area (TPSA) is 70.5 Å². The first-order chi connectivity index (χ1) is 17.1. The molecule has 1 aliphatic rings. The average molecular weight is 466 g/mol. The zero-order chi connectivity index (χ0) is 24.2. The van der Waals surface area contributed by atoms with Crippen molar-refractivity contribution in [1.29, 1.82) is 0 Å². The molecule has 0 spiro atoms. The smallest absolute Gasteiger partial charge is 0.325 e. The van der Waals surface area contributed by atoms with Gasteiger partial charge in [-0.25, -0.2) is 14.4 Å². The second-order valence-corrected chi connectivity index (χ2v) is 8.76. The van der Waals surface area contributed by atoms with Crippen LogP contribution in [0.2, 0.25) is 0 Å². The molecule has 1 fully saturated rings. The van der Waals surface area contributed by atoms with Crippen LogP contribution in [0, 0.1) is 0 Å². The number of amides is 3. The molecule has 2 heterocycles. The number of nitrogens with zero attached hydrogens (tertiary/aromatic N) is 4. The molecule has 1 saturated heterocycles. The van der Waals surface area contributed by atoms with Gasteiger partial charge in [-0.1, -0.05) is 78.9 Å². The van der Waals surface area contributed by atoms with Crippen LogP contribution in [0.25, 0.3) is 16.9 Å². The third-order valence-corrected chi connectivity index (χ3v) is 6.07. The number of para-hydroxylation sites is 1. The number of imide groups is 1. The van der Waals surface area contributed by atoms with Crippen molar-refractivity contribution in [2.75, 3.05) is 13.7 Å². The first-order valence-electron chi connectivity index (χ1n) is 11.6. The standard InChI is InChI=1S/C28H27N5O2/c1-31(20-32-27(34)25(29-28(32)35)17-21-11-5-2-6-12-21)18-23-19-33(24-15-9-4-10-16-24)30-26(23)22-13-7-3-8-14-22/h2-16,19,25H,17-18,20H2,1H3,(H,29,35). The SMILES string of the molecule is CN(Cc1cn(-c2ccccc2)nc1-c1ccccc1)CN1C(=O)NC(Cc2ccccc2)C1=O. The maximum Gasteiger partial charge on any atom is 0.325 e. The Morgan fingerprint density at radius 2 is 1.51 bits per heavy atom. The molecular formula is C28H27N5O2. The fraction of sp³-hybridized carbons (Fsp3) is 0.179. The Morgan fingerprint density at radius 3 is 2.20 bits per heavy atom. The van der Waals surface area contributed by atoms with Crippen LogP contribution < -0.4 is 5.32 Å². The summed E-state index contributed by atoms with van der Waals surface area (Å²) >= 11 is 0. The van der Waals surface area contributed by atoms with E-state index in [1.807, 2.05) is 114 Å². The molecule has 5 rings (SSSR count). The minimum atomic E-state index is -0.543. The average Bonchev–Trinajstić information content (AvgIpc) is 3.42. The second-order valence-electron chi connectivity index (χ2n) is 8.76. The summed E-state index contributed by atoms with van der Waals surface area (Å²) in [5.41, 5.74) is 4.89. The molecular weight excluding hydrogens is 438 g/mol. The van der Waals surface area contributed by atoms with E-state index in [0.29, 0.717) is 13.0 Å². The lowest BCUT2D eigenvalue weighted by molar-refractivity contribution is -0.128. The van der Waals surface area contributed by atoms with Crippen LogP contribution in [0.5, 0.6) is 0 Å². The van der Waals surface area contributed by atoms with Crippen molar-refractivity contribution in [3.63, 3.8) is 0 Å². The summed E-state index contributed by atoms with van der Waals surface area (Å²) in [5, 5.41) is 7.68. The van der Waals surface area contributed by atoms with E-state index in [4.69, 9.17) is 5.10 Å². The van der Waals surface area contributed by atoms with Crippen molar-refractivity contribution in [2.24, 2.45) is 0 Å². The molecule has 0 bridgehead atoms. The molecule has 1 unspecified atom stereocenters. The fourth-order valence-corrected chi connectivity index (χ4v) is 4.36. The van der Waals surface area contributed by atoms with Crippen molar-refractivity contribution in [3.8, 4) is 16.9 Å². The third-order valence-electron chi connectivity index (χ3n) is 6.07. The highest BCUT2D eigenvalue weighted by Crippen LogP contribution is 2.25. The van der Waals surface area contributed by atoms with Crippen LogP contribution in [0.1, 0.15) is 11.1 Å². The number of benzene rings is 3. The fourth-order valence-electron chi connectivity index (χ4n) is 4.36. The molecule has 0 radical (unpaired) electrons. The molecule has 1 atom stereocenters. The van der Waals surface area contributed by atoms with Gasteiger partial charge < -0.3 is 5.32 Å². The van der Waals surface area contributed by atoms with E-state index in [1.165, 1.54) is 4.90 Å². The summed E-state index contributed by atoms with van der Waals surface area (Å²) in [5.74, 6) is -0.200. The van der Waals surface area contributed by atoms with Crippen molar-refractivity contribution < 1.29 is 9.59 Å². The lowest BCUT2D eigenvalue weighted by Crippen LogP contribution is -2.40. The lowest BCUT2D eigenvalue weighted by Gasteiger charge is -2.22. The summed E-state index contributed by atoms with van der Waals surface area (Å²) in [7, 11) is 1.90. The maximum atomic E-state index is 13.0. The number of nitrogens with one attached hydrogen (secondary N) is 1. The Hall–Kier alpha value is -4.23. The highest BCUT2D eigenvalue weighted by atomic mass is 16.2. The van der Waals surface area contributed by atoms with E-state index >= 15 is 0 Å². The van der Waals surface area contributed by atoms with Gasteiger partial charge in [0.25, 0.3) is 5.91 Å². The molecule has 3 aromatic carbocycles. The zero-order valence-corrected chi connectivity index (χ0v) is 19.5. The highest BCUT2D eigenvalue weighted by molar-refractivity contribution is 6.04. The van der Waals surface area contributed by atoms with E-state index in [1.54, 1.807) is 0 Å². The van der Waals surface area contributed by atoms with E-state index in [-0.39, 0.29) is 18.6 Å². The lowest BCUT2D eigenvalue weighted by atomic mass is 10.1. The van der Waals surface area contributed by atoms with Crippen LogP contribution in [0.15, 0.2) is 97.2 Å². The first-order valence-corrected chi connectivity index (χ1v) is 11.6. The van der Waals surface area contributed by atoms with Gasteiger partial charge in [0.05, 0.1) is 18.1 Å². The minimum Gasteiger partial charge on any atom is -0.325 e. The van der Waals surface area contributed by atoms with E-state index in [2.05, 4.69) is 5.32 Å². The zero-order valence-electron chi connectivity index (χ0n) is 19.5. The molecule has 0 saturated carbocycles. The van der Waals surface area contributed by atoms with Crippen LogP contribution in [0.3, 0.4) is 0 Å². The number of carbonyl (C=O) groups is 2. The van der Waals surface area contributed by atoms with Crippen molar-refractivity contribution >= 4 is 11.9 Å². The molecule has 7 heteroatoms. The summed E-state index contributed by atoms with van der Waals surface area (Å²) in [6, 6.07) is 28.8. The monoisotopic (exact) mass is 465 g/mol. The van der Waals surface area contributed by atoms with Gasteiger partial charge >= 0.3 is 6.03 Å². The molecule has 35 heavy (non-hydrogen) atoms. The third kappa shape index (κ3) is 5.00. The second kappa shape index (κ2) is 9.95. The Bertz CT molecular complexity index is 1310. The maximum absolute atomic E-state index is 13.0. The predicted molar refractivity (Wildman–Crippen MR) is 135 cm³/mol. The molecule has 1 aliphatic heterocycles. The molecule has 176 valence electrons. The largest absolute Gasteiger partial charge is 0.325 e. The molecule has 7 nitrogen and oxygen atoms in total. The van der Waals surface area contributed by atoms with Crippen molar-refractivity contribution in [2.45, 2.75) is 19.0 Å². The molecule has 1 N–H and O–H groups in total. The number of hydrogen-bond donors (Lipinski definition) is 1. The van der Waals surface area contributed by atoms with Gasteiger partial charge in [-0.3, -0.25) is 9.69 Å². The van der Waals surface area contributed by atoms with Gasteiger partial charge in [0.1, 0.15) is 6.04 Å². The quantitative estimate of drug-likeness (QED) is 0.398. The summed E-state index contributed by atoms with van der Waals surface area (Å²) in [6.07, 6.45) is 2.49. The minimum absolute atomic E-state index is 0.195. The van der Waals surface area contributed by atoms with Crippen LogP contribution in [-0.2, 0) is 17.8 Å². The summed E-state index contributed by atoms with van der Waals surface area (Å²) in [4.78, 5) is 28.8. The Morgan fingerprint density at radius 1 is 0.886 bits per heavy atom. The molecule has 4 aromatic rings. The number of urea groups is 1. The van der Waals surface area contributed by atoms with E-state index in [0.717, 1.165) is 28.1 Å². The number of hydrogen-bond acceptors (Lipinski definition) is 4. The first kappa shape index (κ1) is 22.6. The van der Waals surface area contributed by atoms with Gasteiger partial charge in [-0.15, -0.1) is 0 Å². The van der Waals surface area contributed by atoms with Crippen LogP contribution in [-0.4, -0.2) is 51.3 Å². The van der Waals surface area contributed by atoms with Gasteiger partial charge in [0.2, 0.25) is 0 Å². The molecule has 0 aliphatic carbocycles. The van der Waals surface area contributed by atoms with Gasteiger partial charge in [-0.05, 0) is 24.7 Å². The number of aromatic nitrogens is 2. The van der Waals surface area contributed by atoms with Gasteiger partial charge in [0, 0.05) is 30.3 Å². The van der Waals surface area contributed by atoms with Crippen molar-refractivity contribution in [1.82, 2.24) is 24.9 Å². The van der Waals surface area contributed by atoms with E-state index in [9.17, 15) is 9.59 Å². The predicted octanol–water partition coefficient (Wildman–Crippen LogP) is 4.09. The normalized spacial score (nSPS) is 15.6. The molecule has 1 aromatic heterocycles. The van der Waals surface area contributed by atoms with Crippen LogP contribution >= 0.6 is 0 Å². The Kier molecular flexibility index (Phi) is 6.41. The Labute approximate surface area is 204 Å². The van der Waals surface area contributed by atoms with Crippen molar-refractivity contribution in [3.05, 3.63) is 108 Å². The summed E-state index contributed by atoms with van der Waals surface area (Å²) < 4.78 is 1.87. The summed E-state index contributed by atoms with van der Waals surface area (Å²) in [6.45, 7) is 0.720. The molecule has 3 amide bonds.